The van der Waals surface area contributed by atoms with E-state index in [0.717, 1.165) is 17.5 Å². The highest BCUT2D eigenvalue weighted by atomic mass is 16.2. The average Bonchev–Trinajstić information content (AvgIpc) is 2.78. The third-order valence-corrected chi connectivity index (χ3v) is 6.31. The normalized spacial score (nSPS) is 13.3. The van der Waals surface area contributed by atoms with E-state index < -0.39 is 6.04 Å². The molecule has 0 unspecified atom stereocenters. The first-order chi connectivity index (χ1) is 15.5. The lowest BCUT2D eigenvalue weighted by Gasteiger charge is -2.31. The van der Waals surface area contributed by atoms with Gasteiger partial charge in [-0.25, -0.2) is 0 Å². The molecular formula is C29H42N2O2. The van der Waals surface area contributed by atoms with Crippen LogP contribution in [0.25, 0.3) is 0 Å². The van der Waals surface area contributed by atoms with Crippen molar-refractivity contribution in [3.63, 3.8) is 0 Å². The molecule has 2 aromatic carbocycles. The van der Waals surface area contributed by atoms with Gasteiger partial charge in [0.05, 0.1) is 0 Å². The number of rotatable bonds is 10. The lowest BCUT2D eigenvalue weighted by Crippen LogP contribution is -2.50. The van der Waals surface area contributed by atoms with Crippen LogP contribution in [0.15, 0.2) is 48.5 Å². The van der Waals surface area contributed by atoms with E-state index in [1.54, 1.807) is 4.90 Å². The van der Waals surface area contributed by atoms with E-state index in [9.17, 15) is 9.59 Å². The second-order valence-corrected chi connectivity index (χ2v) is 10.2. The van der Waals surface area contributed by atoms with E-state index in [1.807, 2.05) is 39.8 Å². The first kappa shape index (κ1) is 26.6. The van der Waals surface area contributed by atoms with Crippen LogP contribution in [0.2, 0.25) is 0 Å². The fourth-order valence-corrected chi connectivity index (χ4v) is 3.82. The molecule has 4 heteroatoms. The summed E-state index contributed by atoms with van der Waals surface area (Å²) in [5, 5.41) is 3.07. The van der Waals surface area contributed by atoms with Crippen molar-refractivity contribution >= 4 is 11.8 Å². The number of carbonyl (C=O) groups excluding carboxylic acids is 2. The predicted octanol–water partition coefficient (Wildman–Crippen LogP) is 5.95. The summed E-state index contributed by atoms with van der Waals surface area (Å²) >= 11 is 0. The quantitative estimate of drug-likeness (QED) is 0.486. The van der Waals surface area contributed by atoms with Gasteiger partial charge in [0.15, 0.2) is 0 Å². The summed E-state index contributed by atoms with van der Waals surface area (Å²) < 4.78 is 0. The van der Waals surface area contributed by atoms with E-state index in [2.05, 4.69) is 62.5 Å². The first-order valence-electron chi connectivity index (χ1n) is 12.3. The van der Waals surface area contributed by atoms with Gasteiger partial charge in [-0.05, 0) is 55.2 Å². The zero-order valence-corrected chi connectivity index (χ0v) is 21.6. The third kappa shape index (κ3) is 8.03. The second-order valence-electron chi connectivity index (χ2n) is 10.2. The fourth-order valence-electron chi connectivity index (χ4n) is 3.82. The zero-order chi connectivity index (χ0) is 24.6. The molecule has 0 saturated carbocycles. The number of hydrogen-bond acceptors (Lipinski definition) is 2. The van der Waals surface area contributed by atoms with Crippen LogP contribution in [0.1, 0.15) is 83.1 Å². The number of amides is 2. The highest BCUT2D eigenvalue weighted by molar-refractivity contribution is 5.87. The zero-order valence-electron chi connectivity index (χ0n) is 21.6. The monoisotopic (exact) mass is 450 g/mol. The van der Waals surface area contributed by atoms with Gasteiger partial charge >= 0.3 is 0 Å². The van der Waals surface area contributed by atoms with E-state index in [0.29, 0.717) is 25.8 Å². The Kier molecular flexibility index (Phi) is 9.70. The highest BCUT2D eigenvalue weighted by Crippen LogP contribution is 2.23. The van der Waals surface area contributed by atoms with E-state index in [-0.39, 0.29) is 23.3 Å². The van der Waals surface area contributed by atoms with E-state index in [1.165, 1.54) is 11.1 Å². The molecule has 0 saturated heterocycles. The molecule has 1 N–H and O–H groups in total. The van der Waals surface area contributed by atoms with E-state index in [4.69, 9.17) is 0 Å². The standard InChI is InChI=1S/C29H42N2O2/c1-8-22(4)30-28(33)26(9-2)31(20-24-12-10-21(3)11-13-24)27(32)19-16-23-14-17-25(18-15-23)29(5,6)7/h10-15,17-18,22,26H,8-9,16,19-20H2,1-7H3,(H,30,33)/t22-,26+/m0/s1. The molecule has 0 aliphatic carbocycles. The first-order valence-corrected chi connectivity index (χ1v) is 12.3. The Morgan fingerprint density at radius 3 is 2.00 bits per heavy atom. The summed E-state index contributed by atoms with van der Waals surface area (Å²) in [6.07, 6.45) is 2.49. The molecule has 2 rings (SSSR count). The van der Waals surface area contributed by atoms with Gasteiger partial charge in [0, 0.05) is 19.0 Å². The SMILES string of the molecule is CC[C@H](C(=O)N[C@@H](C)CC)N(Cc1ccc(C)cc1)C(=O)CCc1ccc(C(C)(C)C)cc1. The number of nitrogens with one attached hydrogen (secondary N) is 1. The summed E-state index contributed by atoms with van der Waals surface area (Å²) in [4.78, 5) is 28.2. The molecule has 0 bridgehead atoms. The van der Waals surface area contributed by atoms with E-state index >= 15 is 0 Å². The van der Waals surface area contributed by atoms with Crippen molar-refractivity contribution in [2.75, 3.05) is 0 Å². The minimum Gasteiger partial charge on any atom is -0.352 e. The summed E-state index contributed by atoms with van der Waals surface area (Å²) in [6.45, 7) is 15.1. The maximum absolute atomic E-state index is 13.4. The molecule has 0 heterocycles. The van der Waals surface area contributed by atoms with Crippen LogP contribution in [0.3, 0.4) is 0 Å². The van der Waals surface area contributed by atoms with Gasteiger partial charge in [-0.15, -0.1) is 0 Å². The van der Waals surface area contributed by atoms with Gasteiger partial charge < -0.3 is 10.2 Å². The van der Waals surface area contributed by atoms with Crippen molar-refractivity contribution in [1.29, 1.82) is 0 Å². The van der Waals surface area contributed by atoms with Gasteiger partial charge in [-0.3, -0.25) is 9.59 Å². The predicted molar refractivity (Wildman–Crippen MR) is 137 cm³/mol. The summed E-state index contributed by atoms with van der Waals surface area (Å²) in [6, 6.07) is 16.3. The molecule has 2 aromatic rings. The van der Waals surface area contributed by atoms with Gasteiger partial charge in [-0.2, -0.15) is 0 Å². The molecule has 0 aliphatic heterocycles. The van der Waals surface area contributed by atoms with Crippen LogP contribution in [-0.2, 0) is 28.0 Å². The molecule has 180 valence electrons. The molecule has 33 heavy (non-hydrogen) atoms. The number of nitrogens with zero attached hydrogens (tertiary/aromatic N) is 1. The summed E-state index contributed by atoms with van der Waals surface area (Å²) in [5.74, 6) is -0.0523. The maximum atomic E-state index is 13.4. The fraction of sp³-hybridized carbons (Fsp3) is 0.517. The molecule has 0 spiro atoms. The third-order valence-electron chi connectivity index (χ3n) is 6.31. The minimum atomic E-state index is -0.476. The van der Waals surface area contributed by atoms with Crippen LogP contribution >= 0.6 is 0 Å². The molecule has 0 aromatic heterocycles. The Balaban J connectivity index is 2.19. The highest BCUT2D eigenvalue weighted by Gasteiger charge is 2.29. The average molecular weight is 451 g/mol. The van der Waals surface area contributed by atoms with Gasteiger partial charge in [-0.1, -0.05) is 88.7 Å². The molecule has 2 atom stereocenters. The lowest BCUT2D eigenvalue weighted by molar-refractivity contribution is -0.141. The number of carbonyl (C=O) groups is 2. The lowest BCUT2D eigenvalue weighted by atomic mass is 9.86. The molecule has 4 nitrogen and oxygen atoms in total. The Morgan fingerprint density at radius 2 is 1.48 bits per heavy atom. The number of hydrogen-bond donors (Lipinski definition) is 1. The van der Waals surface area contributed by atoms with Crippen molar-refractivity contribution in [2.45, 2.75) is 98.2 Å². The number of benzene rings is 2. The minimum absolute atomic E-state index is 0.0154. The van der Waals surface area contributed by atoms with Crippen molar-refractivity contribution in [1.82, 2.24) is 10.2 Å². The summed E-state index contributed by atoms with van der Waals surface area (Å²) in [5.41, 5.74) is 4.75. The van der Waals surface area contributed by atoms with Crippen molar-refractivity contribution in [2.24, 2.45) is 0 Å². The van der Waals surface area contributed by atoms with Gasteiger partial charge in [0.1, 0.15) is 6.04 Å². The molecule has 0 aliphatic rings. The molecular weight excluding hydrogens is 408 g/mol. The Morgan fingerprint density at radius 1 is 0.909 bits per heavy atom. The Hall–Kier alpha value is -2.62. The molecule has 0 radical (unpaired) electrons. The van der Waals surface area contributed by atoms with Gasteiger partial charge in [0.25, 0.3) is 0 Å². The smallest absolute Gasteiger partial charge is 0.243 e. The molecule has 0 fully saturated rings. The number of aryl methyl sites for hydroxylation is 2. The van der Waals surface area contributed by atoms with Crippen molar-refractivity contribution in [3.8, 4) is 0 Å². The Bertz CT molecular complexity index is 895. The van der Waals surface area contributed by atoms with Crippen LogP contribution in [0.5, 0.6) is 0 Å². The van der Waals surface area contributed by atoms with Crippen LogP contribution in [0.4, 0.5) is 0 Å². The Labute approximate surface area is 200 Å². The van der Waals surface area contributed by atoms with Crippen LogP contribution in [0, 0.1) is 6.92 Å². The maximum Gasteiger partial charge on any atom is 0.243 e. The van der Waals surface area contributed by atoms with Crippen LogP contribution in [-0.4, -0.2) is 28.8 Å². The summed E-state index contributed by atoms with van der Waals surface area (Å²) in [7, 11) is 0. The van der Waals surface area contributed by atoms with Crippen molar-refractivity contribution < 1.29 is 9.59 Å². The second kappa shape index (κ2) is 12.0. The topological polar surface area (TPSA) is 49.4 Å². The van der Waals surface area contributed by atoms with Crippen molar-refractivity contribution in [3.05, 3.63) is 70.8 Å². The van der Waals surface area contributed by atoms with Crippen LogP contribution < -0.4 is 5.32 Å². The largest absolute Gasteiger partial charge is 0.352 e. The molecule has 2 amide bonds. The van der Waals surface area contributed by atoms with Gasteiger partial charge in [0.2, 0.25) is 11.8 Å².